The second-order valence-corrected chi connectivity index (χ2v) is 6.06. The fourth-order valence-corrected chi connectivity index (χ4v) is 2.95. The number of carbonyl (C=O) groups excluding carboxylic acids is 1. The lowest BCUT2D eigenvalue weighted by Crippen LogP contribution is -2.29. The Bertz CT molecular complexity index is 720. The molecular formula is C14H17N3O3S. The molecule has 7 heteroatoms. The van der Waals surface area contributed by atoms with Gasteiger partial charge in [0.05, 0.1) is 23.9 Å². The molecule has 0 bridgehead atoms. The molecule has 0 aliphatic heterocycles. The molecule has 0 saturated carbocycles. The molecule has 1 atom stereocenters. The third-order valence-electron chi connectivity index (χ3n) is 3.04. The summed E-state index contributed by atoms with van der Waals surface area (Å²) in [5.41, 5.74) is 0.702. The van der Waals surface area contributed by atoms with Crippen LogP contribution in [0, 0.1) is 13.8 Å². The number of nitrogens with zero attached hydrogens (tertiary/aromatic N) is 1. The quantitative estimate of drug-likeness (QED) is 0.904. The van der Waals surface area contributed by atoms with Crippen LogP contribution in [0.4, 0.5) is 0 Å². The molecule has 0 unspecified atom stereocenters. The number of aromatic nitrogens is 2. The second-order valence-electron chi connectivity index (χ2n) is 4.65. The minimum atomic E-state index is -0.354. The molecule has 112 valence electrons. The Kier molecular flexibility index (Phi) is 4.42. The average Bonchev–Trinajstić information content (AvgIpc) is 2.77. The number of thiazole rings is 1. The van der Waals surface area contributed by atoms with Crippen LogP contribution in [0.3, 0.4) is 0 Å². The van der Waals surface area contributed by atoms with Crippen LogP contribution in [-0.4, -0.2) is 23.0 Å². The summed E-state index contributed by atoms with van der Waals surface area (Å²) in [6.07, 6.45) is 1.38. The third-order valence-corrected chi connectivity index (χ3v) is 3.94. The molecule has 1 amide bonds. The zero-order valence-electron chi connectivity index (χ0n) is 12.3. The van der Waals surface area contributed by atoms with Crippen molar-refractivity contribution in [1.29, 1.82) is 0 Å². The number of carbonyl (C=O) groups is 1. The molecule has 6 nitrogen and oxygen atoms in total. The highest BCUT2D eigenvalue weighted by molar-refractivity contribution is 7.11. The molecule has 0 aromatic carbocycles. The van der Waals surface area contributed by atoms with E-state index in [1.165, 1.54) is 19.4 Å². The molecule has 0 fully saturated rings. The van der Waals surface area contributed by atoms with E-state index in [-0.39, 0.29) is 28.8 Å². The van der Waals surface area contributed by atoms with Gasteiger partial charge in [0.2, 0.25) is 5.43 Å². The van der Waals surface area contributed by atoms with Crippen molar-refractivity contribution in [3.05, 3.63) is 43.8 Å². The molecule has 2 aromatic rings. The fraction of sp³-hybridized carbons (Fsp3) is 0.357. The SMILES string of the molecule is COc1c[nH]c(C(=O)N[C@@H](C)c2nc(C)sc2C)cc1=O. The minimum absolute atomic E-state index is 0.172. The maximum atomic E-state index is 12.2. The van der Waals surface area contributed by atoms with Crippen LogP contribution in [0.5, 0.6) is 5.75 Å². The molecule has 0 aliphatic rings. The molecule has 2 rings (SSSR count). The highest BCUT2D eigenvalue weighted by atomic mass is 32.1. The third kappa shape index (κ3) is 3.30. The molecule has 2 aromatic heterocycles. The number of nitrogens with one attached hydrogen (secondary N) is 2. The molecule has 0 saturated heterocycles. The van der Waals surface area contributed by atoms with Crippen LogP contribution < -0.4 is 15.5 Å². The summed E-state index contributed by atoms with van der Waals surface area (Å²) >= 11 is 1.59. The summed E-state index contributed by atoms with van der Waals surface area (Å²) in [4.78, 5) is 32.0. The van der Waals surface area contributed by atoms with Crippen molar-refractivity contribution in [3.63, 3.8) is 0 Å². The van der Waals surface area contributed by atoms with Gasteiger partial charge in [-0.05, 0) is 20.8 Å². The number of H-pyrrole nitrogens is 1. The number of hydrogen-bond acceptors (Lipinski definition) is 5. The number of hydrogen-bond donors (Lipinski definition) is 2. The number of ether oxygens (including phenoxy) is 1. The van der Waals surface area contributed by atoms with Gasteiger partial charge in [0.1, 0.15) is 5.69 Å². The van der Waals surface area contributed by atoms with E-state index in [1.54, 1.807) is 11.3 Å². The van der Waals surface area contributed by atoms with Crippen molar-refractivity contribution < 1.29 is 9.53 Å². The van der Waals surface area contributed by atoms with Crippen molar-refractivity contribution in [2.45, 2.75) is 26.8 Å². The number of aromatic amines is 1. The predicted molar refractivity (Wildman–Crippen MR) is 81.1 cm³/mol. The van der Waals surface area contributed by atoms with E-state index < -0.39 is 0 Å². The van der Waals surface area contributed by atoms with E-state index in [2.05, 4.69) is 15.3 Å². The van der Waals surface area contributed by atoms with Crippen molar-refractivity contribution >= 4 is 17.2 Å². The Morgan fingerprint density at radius 3 is 2.71 bits per heavy atom. The van der Waals surface area contributed by atoms with Crippen molar-refractivity contribution in [3.8, 4) is 5.75 Å². The van der Waals surface area contributed by atoms with Crippen molar-refractivity contribution in [2.24, 2.45) is 0 Å². The Labute approximate surface area is 126 Å². The Morgan fingerprint density at radius 1 is 1.48 bits per heavy atom. The fourth-order valence-electron chi connectivity index (χ4n) is 2.04. The van der Waals surface area contributed by atoms with E-state index in [9.17, 15) is 9.59 Å². The van der Waals surface area contributed by atoms with Crippen molar-refractivity contribution in [1.82, 2.24) is 15.3 Å². The first-order valence-electron chi connectivity index (χ1n) is 6.44. The first-order chi connectivity index (χ1) is 9.92. The summed E-state index contributed by atoms with van der Waals surface area (Å²) in [7, 11) is 1.40. The monoisotopic (exact) mass is 307 g/mol. The highest BCUT2D eigenvalue weighted by Crippen LogP contribution is 2.22. The smallest absolute Gasteiger partial charge is 0.268 e. The van der Waals surface area contributed by atoms with Gasteiger partial charge in [0.15, 0.2) is 5.75 Å². The summed E-state index contributed by atoms with van der Waals surface area (Å²) in [5.74, 6) is -0.183. The number of amides is 1. The molecule has 21 heavy (non-hydrogen) atoms. The highest BCUT2D eigenvalue weighted by Gasteiger charge is 2.17. The molecular weight excluding hydrogens is 290 g/mol. The van der Waals surface area contributed by atoms with E-state index in [0.717, 1.165) is 15.6 Å². The largest absolute Gasteiger partial charge is 0.491 e. The van der Waals surface area contributed by atoms with Gasteiger partial charge < -0.3 is 15.0 Å². The van der Waals surface area contributed by atoms with E-state index in [4.69, 9.17) is 4.74 Å². The van der Waals surface area contributed by atoms with E-state index in [1.807, 2.05) is 20.8 Å². The molecule has 2 heterocycles. The Balaban J connectivity index is 2.16. The van der Waals surface area contributed by atoms with Gasteiger partial charge in [-0.1, -0.05) is 0 Å². The van der Waals surface area contributed by atoms with Crippen LogP contribution >= 0.6 is 11.3 Å². The molecule has 0 aliphatic carbocycles. The molecule has 0 spiro atoms. The number of rotatable bonds is 4. The van der Waals surface area contributed by atoms with Crippen LogP contribution in [0.15, 0.2) is 17.1 Å². The van der Waals surface area contributed by atoms with Gasteiger partial charge in [0, 0.05) is 17.1 Å². The zero-order chi connectivity index (χ0) is 15.6. The molecule has 0 radical (unpaired) electrons. The molecule has 2 N–H and O–H groups in total. The first kappa shape index (κ1) is 15.2. The standard InChI is InChI=1S/C14H17N3O3S/c1-7(13-8(2)21-9(3)17-13)16-14(19)10-5-11(18)12(20-4)6-15-10/h5-7H,1-4H3,(H,15,18)(H,16,19)/t7-/m0/s1. The number of aryl methyl sites for hydroxylation is 2. The summed E-state index contributed by atoms with van der Waals surface area (Å²) in [6.45, 7) is 5.76. The lowest BCUT2D eigenvalue weighted by Gasteiger charge is -2.12. The lowest BCUT2D eigenvalue weighted by molar-refractivity contribution is 0.0934. The van der Waals surface area contributed by atoms with Gasteiger partial charge in [-0.15, -0.1) is 11.3 Å². The number of methoxy groups -OCH3 is 1. The first-order valence-corrected chi connectivity index (χ1v) is 7.25. The van der Waals surface area contributed by atoms with Crippen LogP contribution in [0.1, 0.15) is 39.0 Å². The van der Waals surface area contributed by atoms with Crippen LogP contribution in [-0.2, 0) is 0 Å². The van der Waals surface area contributed by atoms with Crippen LogP contribution in [0.25, 0.3) is 0 Å². The maximum absolute atomic E-state index is 12.2. The lowest BCUT2D eigenvalue weighted by atomic mass is 10.2. The van der Waals surface area contributed by atoms with Gasteiger partial charge in [-0.2, -0.15) is 0 Å². The van der Waals surface area contributed by atoms with Gasteiger partial charge in [0.25, 0.3) is 5.91 Å². The Hall–Kier alpha value is -2.15. The van der Waals surface area contributed by atoms with Crippen LogP contribution in [0.2, 0.25) is 0 Å². The summed E-state index contributed by atoms with van der Waals surface area (Å²) < 4.78 is 4.86. The zero-order valence-corrected chi connectivity index (χ0v) is 13.1. The summed E-state index contributed by atoms with van der Waals surface area (Å²) in [5, 5.41) is 3.79. The van der Waals surface area contributed by atoms with E-state index >= 15 is 0 Å². The second kappa shape index (κ2) is 6.09. The average molecular weight is 307 g/mol. The summed E-state index contributed by atoms with van der Waals surface area (Å²) in [6, 6.07) is 0.994. The maximum Gasteiger partial charge on any atom is 0.268 e. The van der Waals surface area contributed by atoms with E-state index in [0.29, 0.717) is 0 Å². The van der Waals surface area contributed by atoms with Gasteiger partial charge in [-0.25, -0.2) is 4.98 Å². The van der Waals surface area contributed by atoms with Crippen molar-refractivity contribution in [2.75, 3.05) is 7.11 Å². The topological polar surface area (TPSA) is 84.1 Å². The predicted octanol–water partition coefficient (Wildman–Crippen LogP) is 1.95. The van der Waals surface area contributed by atoms with Gasteiger partial charge in [-0.3, -0.25) is 9.59 Å². The normalized spacial score (nSPS) is 12.0. The minimum Gasteiger partial charge on any atom is -0.491 e. The Morgan fingerprint density at radius 2 is 2.19 bits per heavy atom. The van der Waals surface area contributed by atoms with Gasteiger partial charge >= 0.3 is 0 Å². The number of pyridine rings is 1.